The maximum absolute atomic E-state index is 12.2. The van der Waals surface area contributed by atoms with Crippen LogP contribution in [0.2, 0.25) is 0 Å². The first-order valence-electron chi connectivity index (χ1n) is 6.45. The summed E-state index contributed by atoms with van der Waals surface area (Å²) in [6, 6.07) is 3.37. The van der Waals surface area contributed by atoms with Gasteiger partial charge in [0.15, 0.2) is 5.76 Å². The Morgan fingerprint density at radius 3 is 2.53 bits per heavy atom. The summed E-state index contributed by atoms with van der Waals surface area (Å²) in [4.78, 5) is 27.1. The zero-order valence-corrected chi connectivity index (χ0v) is 11.1. The van der Waals surface area contributed by atoms with Gasteiger partial charge in [-0.25, -0.2) is 0 Å². The van der Waals surface area contributed by atoms with Gasteiger partial charge < -0.3 is 20.0 Å². The molecule has 2 N–H and O–H groups in total. The minimum absolute atomic E-state index is 0.0534. The molecule has 1 aliphatic rings. The zero-order chi connectivity index (χ0) is 13.8. The molecule has 6 nitrogen and oxygen atoms in total. The normalized spacial score (nSPS) is 16.3. The number of carbonyl (C=O) groups is 2. The molecule has 2 rings (SSSR count). The number of furan rings is 1. The van der Waals surface area contributed by atoms with E-state index < -0.39 is 0 Å². The van der Waals surface area contributed by atoms with E-state index >= 15 is 0 Å². The van der Waals surface area contributed by atoms with E-state index in [9.17, 15) is 9.59 Å². The third-order valence-corrected chi connectivity index (χ3v) is 3.30. The van der Waals surface area contributed by atoms with Gasteiger partial charge in [0.05, 0.1) is 6.54 Å². The standard InChI is InChI=1S/C13H19N3O3/c1-10(17)15-5-2-6-16(8-7-15)13(18)12-4-3-11(9-14)19-12/h3-4H,2,5-9,14H2,1H3. The Labute approximate surface area is 112 Å². The van der Waals surface area contributed by atoms with Crippen LogP contribution in [0.25, 0.3) is 0 Å². The van der Waals surface area contributed by atoms with Crippen LogP contribution >= 0.6 is 0 Å². The van der Waals surface area contributed by atoms with E-state index in [1.807, 2.05) is 0 Å². The molecule has 1 fully saturated rings. The van der Waals surface area contributed by atoms with Gasteiger partial charge in [-0.1, -0.05) is 0 Å². The van der Waals surface area contributed by atoms with E-state index in [0.717, 1.165) is 6.42 Å². The maximum Gasteiger partial charge on any atom is 0.289 e. The number of hydrogen-bond donors (Lipinski definition) is 1. The van der Waals surface area contributed by atoms with Gasteiger partial charge >= 0.3 is 0 Å². The molecule has 6 heteroatoms. The van der Waals surface area contributed by atoms with Crippen molar-refractivity contribution in [3.05, 3.63) is 23.7 Å². The molecule has 19 heavy (non-hydrogen) atoms. The molecule has 2 amide bonds. The molecule has 0 atom stereocenters. The van der Waals surface area contributed by atoms with Crippen LogP contribution in [0.1, 0.15) is 29.7 Å². The van der Waals surface area contributed by atoms with Crippen LogP contribution in [0.3, 0.4) is 0 Å². The largest absolute Gasteiger partial charge is 0.455 e. The van der Waals surface area contributed by atoms with E-state index in [0.29, 0.717) is 37.7 Å². The molecule has 0 aliphatic carbocycles. The topological polar surface area (TPSA) is 79.8 Å². The second kappa shape index (κ2) is 5.88. The lowest BCUT2D eigenvalue weighted by molar-refractivity contribution is -0.128. The van der Waals surface area contributed by atoms with Gasteiger partial charge in [0.25, 0.3) is 5.91 Å². The number of amides is 2. The van der Waals surface area contributed by atoms with Gasteiger partial charge in [-0.05, 0) is 18.6 Å². The smallest absolute Gasteiger partial charge is 0.289 e. The van der Waals surface area contributed by atoms with E-state index in [1.54, 1.807) is 28.9 Å². The Morgan fingerprint density at radius 1 is 1.21 bits per heavy atom. The van der Waals surface area contributed by atoms with Crippen molar-refractivity contribution in [2.75, 3.05) is 26.2 Å². The fraction of sp³-hybridized carbons (Fsp3) is 0.538. The minimum atomic E-state index is -0.134. The Balaban J connectivity index is 2.01. The number of hydrogen-bond acceptors (Lipinski definition) is 4. The summed E-state index contributed by atoms with van der Waals surface area (Å²) in [7, 11) is 0. The monoisotopic (exact) mass is 265 g/mol. The molecule has 0 unspecified atom stereocenters. The highest BCUT2D eigenvalue weighted by molar-refractivity contribution is 5.91. The number of rotatable bonds is 2. The van der Waals surface area contributed by atoms with Crippen molar-refractivity contribution in [3.63, 3.8) is 0 Å². The van der Waals surface area contributed by atoms with Crippen molar-refractivity contribution < 1.29 is 14.0 Å². The van der Waals surface area contributed by atoms with E-state index in [2.05, 4.69) is 0 Å². The van der Waals surface area contributed by atoms with Crippen molar-refractivity contribution in [3.8, 4) is 0 Å². The molecule has 1 saturated heterocycles. The van der Waals surface area contributed by atoms with Crippen LogP contribution in [0.4, 0.5) is 0 Å². The summed E-state index contributed by atoms with van der Waals surface area (Å²) >= 11 is 0. The highest BCUT2D eigenvalue weighted by atomic mass is 16.4. The first-order valence-corrected chi connectivity index (χ1v) is 6.45. The van der Waals surface area contributed by atoms with Crippen LogP contribution in [0, 0.1) is 0 Å². The van der Waals surface area contributed by atoms with E-state index in [-0.39, 0.29) is 18.4 Å². The van der Waals surface area contributed by atoms with Crippen LogP contribution in [-0.4, -0.2) is 47.8 Å². The number of nitrogens with zero attached hydrogens (tertiary/aromatic N) is 2. The second-order valence-electron chi connectivity index (χ2n) is 4.62. The summed E-state index contributed by atoms with van der Waals surface area (Å²) in [5, 5.41) is 0. The highest BCUT2D eigenvalue weighted by Gasteiger charge is 2.23. The van der Waals surface area contributed by atoms with Gasteiger partial charge in [0.2, 0.25) is 5.91 Å². The van der Waals surface area contributed by atoms with Crippen molar-refractivity contribution in [1.29, 1.82) is 0 Å². The molecular weight excluding hydrogens is 246 g/mol. The van der Waals surface area contributed by atoms with E-state index in [1.165, 1.54) is 0 Å². The average molecular weight is 265 g/mol. The van der Waals surface area contributed by atoms with Crippen LogP contribution in [0.15, 0.2) is 16.5 Å². The van der Waals surface area contributed by atoms with E-state index in [4.69, 9.17) is 10.2 Å². The SMILES string of the molecule is CC(=O)N1CCCN(C(=O)c2ccc(CN)o2)CC1. The molecule has 104 valence electrons. The number of nitrogens with two attached hydrogens (primary N) is 1. The molecule has 0 spiro atoms. The summed E-state index contributed by atoms with van der Waals surface area (Å²) in [5.74, 6) is 0.836. The Hall–Kier alpha value is -1.82. The van der Waals surface area contributed by atoms with Gasteiger partial charge in [0, 0.05) is 33.1 Å². The van der Waals surface area contributed by atoms with Crippen molar-refractivity contribution in [2.24, 2.45) is 5.73 Å². The molecule has 1 aromatic heterocycles. The third kappa shape index (κ3) is 3.14. The molecule has 2 heterocycles. The summed E-state index contributed by atoms with van der Waals surface area (Å²) in [5.41, 5.74) is 5.46. The Morgan fingerprint density at radius 2 is 1.89 bits per heavy atom. The van der Waals surface area contributed by atoms with Crippen LogP contribution in [0.5, 0.6) is 0 Å². The van der Waals surface area contributed by atoms with Crippen LogP contribution in [-0.2, 0) is 11.3 Å². The number of carbonyl (C=O) groups excluding carboxylic acids is 2. The Kier molecular flexibility index (Phi) is 4.21. The van der Waals surface area contributed by atoms with Gasteiger partial charge in [0.1, 0.15) is 5.76 Å². The Bertz CT molecular complexity index is 469. The quantitative estimate of drug-likeness (QED) is 0.841. The predicted molar refractivity (Wildman–Crippen MR) is 69.4 cm³/mol. The molecular formula is C13H19N3O3. The lowest BCUT2D eigenvalue weighted by Crippen LogP contribution is -2.36. The maximum atomic E-state index is 12.2. The summed E-state index contributed by atoms with van der Waals surface area (Å²) in [6.07, 6.45) is 0.787. The van der Waals surface area contributed by atoms with Gasteiger partial charge in [-0.15, -0.1) is 0 Å². The first-order chi connectivity index (χ1) is 9.11. The molecule has 0 bridgehead atoms. The summed E-state index contributed by atoms with van der Waals surface area (Å²) < 4.78 is 5.37. The van der Waals surface area contributed by atoms with Crippen LogP contribution < -0.4 is 5.73 Å². The lowest BCUT2D eigenvalue weighted by atomic mass is 10.3. The summed E-state index contributed by atoms with van der Waals surface area (Å²) in [6.45, 7) is 4.29. The average Bonchev–Trinajstić information content (AvgIpc) is 2.74. The molecule has 0 saturated carbocycles. The zero-order valence-electron chi connectivity index (χ0n) is 11.1. The minimum Gasteiger partial charge on any atom is -0.455 e. The fourth-order valence-electron chi connectivity index (χ4n) is 2.19. The highest BCUT2D eigenvalue weighted by Crippen LogP contribution is 2.12. The lowest BCUT2D eigenvalue weighted by Gasteiger charge is -2.20. The fourth-order valence-corrected chi connectivity index (χ4v) is 2.19. The third-order valence-electron chi connectivity index (χ3n) is 3.30. The molecule has 1 aromatic rings. The van der Waals surface area contributed by atoms with Crippen molar-refractivity contribution in [1.82, 2.24) is 9.80 Å². The molecule has 1 aliphatic heterocycles. The second-order valence-corrected chi connectivity index (χ2v) is 4.62. The predicted octanol–water partition coefficient (Wildman–Crippen LogP) is 0.433. The molecule has 0 radical (unpaired) electrons. The van der Waals surface area contributed by atoms with Gasteiger partial charge in [-0.2, -0.15) is 0 Å². The first kappa shape index (κ1) is 13.6. The van der Waals surface area contributed by atoms with Gasteiger partial charge in [-0.3, -0.25) is 9.59 Å². The van der Waals surface area contributed by atoms with Crippen molar-refractivity contribution >= 4 is 11.8 Å². The van der Waals surface area contributed by atoms with Crippen molar-refractivity contribution in [2.45, 2.75) is 19.9 Å². The molecule has 0 aromatic carbocycles.